The van der Waals surface area contributed by atoms with Gasteiger partial charge in [-0.3, -0.25) is 0 Å². The number of hydrogen-bond acceptors (Lipinski definition) is 2. The van der Waals surface area contributed by atoms with Crippen LogP contribution in [0.1, 0.15) is 44.2 Å². The minimum absolute atomic E-state index is 0.517. The third-order valence-electron chi connectivity index (χ3n) is 5.81. The summed E-state index contributed by atoms with van der Waals surface area (Å²) in [6.45, 7) is 3.91. The van der Waals surface area contributed by atoms with E-state index in [1.165, 1.54) is 33.4 Å². The summed E-state index contributed by atoms with van der Waals surface area (Å²) >= 11 is 0. The van der Waals surface area contributed by atoms with Gasteiger partial charge in [0.15, 0.2) is 0 Å². The molecule has 2 aromatic rings. The maximum absolute atomic E-state index is 5.50. The number of imidazole rings is 1. The van der Waals surface area contributed by atoms with Crippen LogP contribution >= 0.6 is 0 Å². The van der Waals surface area contributed by atoms with E-state index in [0.29, 0.717) is 6.04 Å². The Morgan fingerprint density at radius 2 is 2.00 bits per heavy atom. The molecule has 0 spiro atoms. The van der Waals surface area contributed by atoms with Crippen molar-refractivity contribution in [2.24, 2.45) is 0 Å². The van der Waals surface area contributed by atoms with Crippen molar-refractivity contribution in [1.29, 1.82) is 0 Å². The van der Waals surface area contributed by atoms with Crippen LogP contribution in [0.4, 0.5) is 0 Å². The molecule has 0 bridgehead atoms. The van der Waals surface area contributed by atoms with E-state index in [1.54, 1.807) is 0 Å². The molecule has 3 aliphatic rings. The molecule has 1 saturated heterocycles. The van der Waals surface area contributed by atoms with E-state index in [0.717, 1.165) is 44.4 Å². The molecule has 3 nitrogen and oxygen atoms in total. The SMILES string of the molecule is CC1=CC=C(C2=CCC(c3ccc4c(c3)ncn4C3CCOCC3)=C2)C1. The van der Waals surface area contributed by atoms with Gasteiger partial charge in [-0.25, -0.2) is 4.98 Å². The normalized spacial score (nSPS) is 21.0. The molecule has 0 atom stereocenters. The number of fused-ring (bicyclic) bond motifs is 1. The number of nitrogens with zero attached hydrogens (tertiary/aromatic N) is 2. The molecular formula is C23H24N2O. The lowest BCUT2D eigenvalue weighted by Gasteiger charge is -2.23. The maximum atomic E-state index is 5.50. The van der Waals surface area contributed by atoms with Crippen molar-refractivity contribution in [2.75, 3.05) is 13.2 Å². The van der Waals surface area contributed by atoms with Gasteiger partial charge in [0.1, 0.15) is 0 Å². The fraction of sp³-hybridized carbons (Fsp3) is 0.348. The summed E-state index contributed by atoms with van der Waals surface area (Å²) in [5, 5.41) is 0. The third kappa shape index (κ3) is 2.77. The highest BCUT2D eigenvalue weighted by atomic mass is 16.5. The molecule has 1 aliphatic heterocycles. The molecule has 2 aliphatic carbocycles. The molecule has 0 radical (unpaired) electrons. The van der Waals surface area contributed by atoms with Gasteiger partial charge in [-0.15, -0.1) is 0 Å². The van der Waals surface area contributed by atoms with Gasteiger partial charge < -0.3 is 9.30 Å². The molecular weight excluding hydrogens is 320 g/mol. The van der Waals surface area contributed by atoms with Gasteiger partial charge in [-0.05, 0) is 67.0 Å². The predicted molar refractivity (Wildman–Crippen MR) is 106 cm³/mol. The van der Waals surface area contributed by atoms with Crippen molar-refractivity contribution in [2.45, 2.75) is 38.6 Å². The van der Waals surface area contributed by atoms with Gasteiger partial charge >= 0.3 is 0 Å². The molecule has 5 rings (SSSR count). The van der Waals surface area contributed by atoms with E-state index >= 15 is 0 Å². The lowest BCUT2D eigenvalue weighted by atomic mass is 10.0. The van der Waals surface area contributed by atoms with E-state index in [-0.39, 0.29) is 0 Å². The Bertz CT molecular complexity index is 981. The summed E-state index contributed by atoms with van der Waals surface area (Å²) in [5.41, 5.74) is 9.31. The summed E-state index contributed by atoms with van der Waals surface area (Å²) < 4.78 is 7.84. The maximum Gasteiger partial charge on any atom is 0.0960 e. The van der Waals surface area contributed by atoms with Gasteiger partial charge in [-0.2, -0.15) is 0 Å². The molecule has 3 heteroatoms. The summed E-state index contributed by atoms with van der Waals surface area (Å²) in [5.74, 6) is 0. The molecule has 2 heterocycles. The summed E-state index contributed by atoms with van der Waals surface area (Å²) in [7, 11) is 0. The van der Waals surface area contributed by atoms with Crippen LogP contribution in [0, 0.1) is 0 Å². The average molecular weight is 344 g/mol. The predicted octanol–water partition coefficient (Wildman–Crippen LogP) is 5.38. The van der Waals surface area contributed by atoms with Gasteiger partial charge in [-0.1, -0.05) is 35.9 Å². The third-order valence-corrected chi connectivity index (χ3v) is 5.81. The van der Waals surface area contributed by atoms with E-state index in [4.69, 9.17) is 9.72 Å². The van der Waals surface area contributed by atoms with Gasteiger partial charge in [0.25, 0.3) is 0 Å². The Labute approximate surface area is 154 Å². The van der Waals surface area contributed by atoms with Crippen LogP contribution < -0.4 is 0 Å². The van der Waals surface area contributed by atoms with Crippen LogP contribution in [0.5, 0.6) is 0 Å². The number of ether oxygens (including phenoxy) is 1. The zero-order chi connectivity index (χ0) is 17.5. The molecule has 132 valence electrons. The summed E-state index contributed by atoms with van der Waals surface area (Å²) in [6, 6.07) is 7.27. The van der Waals surface area contributed by atoms with Crippen LogP contribution in [0.2, 0.25) is 0 Å². The molecule has 0 unspecified atom stereocenters. The van der Waals surface area contributed by atoms with Crippen LogP contribution in [0.15, 0.2) is 65.5 Å². The molecule has 26 heavy (non-hydrogen) atoms. The summed E-state index contributed by atoms with van der Waals surface area (Å²) in [4.78, 5) is 4.69. The molecule has 1 aromatic heterocycles. The first kappa shape index (κ1) is 15.8. The smallest absolute Gasteiger partial charge is 0.0960 e. The first-order chi connectivity index (χ1) is 12.8. The highest BCUT2D eigenvalue weighted by molar-refractivity contribution is 5.83. The molecule has 1 fully saturated rings. The second-order valence-corrected chi connectivity index (χ2v) is 7.61. The van der Waals surface area contributed by atoms with E-state index in [9.17, 15) is 0 Å². The molecule has 1 aromatic carbocycles. The fourth-order valence-electron chi connectivity index (χ4n) is 4.30. The van der Waals surface area contributed by atoms with Crippen molar-refractivity contribution in [3.05, 3.63) is 71.1 Å². The Balaban J connectivity index is 1.41. The van der Waals surface area contributed by atoms with Crippen molar-refractivity contribution < 1.29 is 4.74 Å². The first-order valence-electron chi connectivity index (χ1n) is 9.60. The van der Waals surface area contributed by atoms with E-state index in [2.05, 4.69) is 54.0 Å². The van der Waals surface area contributed by atoms with Gasteiger partial charge in [0.05, 0.1) is 17.4 Å². The second-order valence-electron chi connectivity index (χ2n) is 7.61. The minimum Gasteiger partial charge on any atom is -0.381 e. The lowest BCUT2D eigenvalue weighted by molar-refractivity contribution is 0.0706. The highest BCUT2D eigenvalue weighted by Gasteiger charge is 2.19. The largest absolute Gasteiger partial charge is 0.381 e. The lowest BCUT2D eigenvalue weighted by Crippen LogP contribution is -2.18. The number of rotatable bonds is 3. The molecule has 0 N–H and O–H groups in total. The second kappa shape index (κ2) is 6.40. The van der Waals surface area contributed by atoms with Crippen LogP contribution in [-0.2, 0) is 4.74 Å². The molecule has 0 saturated carbocycles. The Kier molecular flexibility index (Phi) is 3.90. The Morgan fingerprint density at radius 3 is 2.81 bits per heavy atom. The van der Waals surface area contributed by atoms with Gasteiger partial charge in [0, 0.05) is 19.3 Å². The standard InChI is InChI=1S/C23H24N2O/c1-16-2-3-17(12-16)18-4-5-19(13-18)20-6-7-23-22(14-20)24-15-25(23)21-8-10-26-11-9-21/h2-4,6-7,13-15,21H,5,8-12H2,1H3. The number of hydrogen-bond donors (Lipinski definition) is 0. The average Bonchev–Trinajstić information content (AvgIpc) is 3.41. The van der Waals surface area contributed by atoms with Gasteiger partial charge in [0.2, 0.25) is 0 Å². The number of benzene rings is 1. The van der Waals surface area contributed by atoms with Crippen molar-refractivity contribution >= 4 is 16.6 Å². The number of allylic oxidation sites excluding steroid dienone is 8. The highest BCUT2D eigenvalue weighted by Crippen LogP contribution is 2.35. The van der Waals surface area contributed by atoms with E-state index in [1.807, 2.05) is 6.33 Å². The zero-order valence-electron chi connectivity index (χ0n) is 15.2. The van der Waals surface area contributed by atoms with E-state index < -0.39 is 0 Å². The molecule has 0 amide bonds. The first-order valence-corrected chi connectivity index (χ1v) is 9.60. The van der Waals surface area contributed by atoms with Crippen LogP contribution in [-0.4, -0.2) is 22.8 Å². The quantitative estimate of drug-likeness (QED) is 0.747. The number of aromatic nitrogens is 2. The fourth-order valence-corrected chi connectivity index (χ4v) is 4.30. The van der Waals surface area contributed by atoms with Crippen LogP contribution in [0.25, 0.3) is 16.6 Å². The van der Waals surface area contributed by atoms with Crippen molar-refractivity contribution in [3.8, 4) is 0 Å². The summed E-state index contributed by atoms with van der Waals surface area (Å²) in [6.07, 6.45) is 15.5. The minimum atomic E-state index is 0.517. The Morgan fingerprint density at radius 1 is 1.12 bits per heavy atom. The van der Waals surface area contributed by atoms with Crippen molar-refractivity contribution in [1.82, 2.24) is 9.55 Å². The van der Waals surface area contributed by atoms with Crippen molar-refractivity contribution in [3.63, 3.8) is 0 Å². The Hall–Kier alpha value is -2.39. The monoisotopic (exact) mass is 344 g/mol. The zero-order valence-corrected chi connectivity index (χ0v) is 15.2. The van der Waals surface area contributed by atoms with Crippen LogP contribution in [0.3, 0.4) is 0 Å². The topological polar surface area (TPSA) is 27.1 Å².